The van der Waals surface area contributed by atoms with Gasteiger partial charge < -0.3 is 9.64 Å². The Hall–Kier alpha value is -5.22. The van der Waals surface area contributed by atoms with Crippen LogP contribution in [0, 0.1) is 0 Å². The largest absolute Gasteiger partial charge is 0.453 e. The van der Waals surface area contributed by atoms with Crippen molar-refractivity contribution in [3.63, 3.8) is 0 Å². The zero-order valence-electron chi connectivity index (χ0n) is 22.4. The van der Waals surface area contributed by atoms with Crippen LogP contribution < -0.4 is 9.64 Å². The van der Waals surface area contributed by atoms with E-state index in [1.54, 1.807) is 0 Å². The molecule has 0 spiro atoms. The topological polar surface area (TPSA) is 37.2 Å². The number of rotatable bonds is 6. The van der Waals surface area contributed by atoms with E-state index < -0.39 is 0 Å². The number of benzene rings is 5. The summed E-state index contributed by atoms with van der Waals surface area (Å²) in [6.07, 6.45) is 0.756. The van der Waals surface area contributed by atoms with Crippen molar-refractivity contribution < 1.29 is 4.74 Å². The van der Waals surface area contributed by atoms with Gasteiger partial charge >= 0.3 is 0 Å². The lowest BCUT2D eigenvalue weighted by Crippen LogP contribution is -2.15. The summed E-state index contributed by atoms with van der Waals surface area (Å²) in [5.74, 6) is 2.32. The van der Waals surface area contributed by atoms with Crippen LogP contribution in [-0.2, 0) is 0 Å². The lowest BCUT2D eigenvalue weighted by atomic mass is 10.1. The van der Waals surface area contributed by atoms with Crippen molar-refractivity contribution in [3.05, 3.63) is 157 Å². The van der Waals surface area contributed by atoms with Gasteiger partial charge in [0.15, 0.2) is 17.3 Å². The van der Waals surface area contributed by atoms with Crippen molar-refractivity contribution in [1.29, 1.82) is 0 Å². The number of ether oxygens (including phenoxy) is 1. The van der Waals surface area contributed by atoms with E-state index in [9.17, 15) is 0 Å². The molecule has 0 bridgehead atoms. The Morgan fingerprint density at radius 2 is 1.12 bits per heavy atom. The highest BCUT2D eigenvalue weighted by molar-refractivity contribution is 6.13. The predicted molar refractivity (Wildman–Crippen MR) is 166 cm³/mol. The molecule has 1 aliphatic rings. The van der Waals surface area contributed by atoms with Gasteiger partial charge in [-0.2, -0.15) is 0 Å². The minimum absolute atomic E-state index is 0.645. The first-order chi connectivity index (χ1) is 19.7. The van der Waals surface area contributed by atoms with E-state index in [2.05, 4.69) is 54.8 Å². The van der Waals surface area contributed by atoms with Gasteiger partial charge in [0.05, 0.1) is 17.1 Å². The molecule has 0 atom stereocenters. The van der Waals surface area contributed by atoms with Crippen LogP contribution in [0.2, 0.25) is 0 Å². The van der Waals surface area contributed by atoms with Crippen LogP contribution in [0.3, 0.4) is 0 Å². The number of hydrogen-bond donors (Lipinski definition) is 0. The quantitative estimate of drug-likeness (QED) is 0.162. The van der Waals surface area contributed by atoms with Crippen LogP contribution in [0.5, 0.6) is 11.5 Å². The van der Waals surface area contributed by atoms with Crippen molar-refractivity contribution in [3.8, 4) is 11.5 Å². The third-order valence-electron chi connectivity index (χ3n) is 6.85. The second kappa shape index (κ2) is 11.3. The molecule has 0 saturated carbocycles. The minimum atomic E-state index is 0.645. The van der Waals surface area contributed by atoms with Crippen LogP contribution in [0.1, 0.15) is 30.0 Å². The van der Waals surface area contributed by atoms with E-state index in [0.717, 1.165) is 57.4 Å². The van der Waals surface area contributed by atoms with Crippen LogP contribution in [0.4, 0.5) is 17.1 Å². The first-order valence-corrected chi connectivity index (χ1v) is 13.4. The highest BCUT2D eigenvalue weighted by Gasteiger charge is 2.25. The molecule has 40 heavy (non-hydrogen) atoms. The van der Waals surface area contributed by atoms with Crippen molar-refractivity contribution >= 4 is 34.3 Å². The number of aliphatic imine (C=N–C) groups is 2. The van der Waals surface area contributed by atoms with Gasteiger partial charge in [-0.25, -0.2) is 9.98 Å². The molecule has 0 unspecified atom stereocenters. The fourth-order valence-corrected chi connectivity index (χ4v) is 4.83. The van der Waals surface area contributed by atoms with Crippen molar-refractivity contribution in [1.82, 2.24) is 0 Å². The van der Waals surface area contributed by atoms with Crippen LogP contribution in [0.15, 0.2) is 150 Å². The number of anilines is 3. The molecule has 0 aliphatic carbocycles. The highest BCUT2D eigenvalue weighted by Crippen LogP contribution is 2.49. The number of para-hydroxylation sites is 4. The molecule has 6 rings (SSSR count). The van der Waals surface area contributed by atoms with Gasteiger partial charge in [0, 0.05) is 17.0 Å². The molecule has 0 aromatic heterocycles. The van der Waals surface area contributed by atoms with E-state index in [4.69, 9.17) is 14.7 Å². The zero-order valence-corrected chi connectivity index (χ0v) is 22.4. The third-order valence-corrected chi connectivity index (χ3v) is 6.85. The standard InChI is InChI=1S/C36H29N3O/c1-3-31(38-36(29-16-8-5-9-17-29)37-26(2)27-14-6-4-7-15-27)28-22-24-30(25-23-28)39-32-18-10-12-20-34(32)40-35-21-13-11-19-33(35)39/h4-25H,2-3H2,1H3. The summed E-state index contributed by atoms with van der Waals surface area (Å²) in [4.78, 5) is 12.2. The summed E-state index contributed by atoms with van der Waals surface area (Å²) < 4.78 is 6.18. The molecule has 0 N–H and O–H groups in total. The van der Waals surface area contributed by atoms with Gasteiger partial charge in [-0.1, -0.05) is 111 Å². The molecule has 194 valence electrons. The molecule has 5 aromatic rings. The molecule has 4 nitrogen and oxygen atoms in total. The Labute approximate surface area is 235 Å². The molecule has 0 radical (unpaired) electrons. The zero-order chi connectivity index (χ0) is 27.3. The Bertz CT molecular complexity index is 1660. The van der Waals surface area contributed by atoms with Crippen molar-refractivity contribution in [2.45, 2.75) is 13.3 Å². The Balaban J connectivity index is 1.37. The summed E-state index contributed by atoms with van der Waals surface area (Å²) in [5.41, 5.74) is 7.68. The van der Waals surface area contributed by atoms with E-state index in [1.807, 2.05) is 97.1 Å². The normalized spacial score (nSPS) is 12.8. The second-order valence-electron chi connectivity index (χ2n) is 9.45. The molecule has 0 amide bonds. The van der Waals surface area contributed by atoms with Gasteiger partial charge in [0.2, 0.25) is 0 Å². The summed E-state index contributed by atoms with van der Waals surface area (Å²) in [6, 6.07) is 44.8. The maximum Gasteiger partial charge on any atom is 0.160 e. The van der Waals surface area contributed by atoms with Gasteiger partial charge in [-0.3, -0.25) is 0 Å². The molecular weight excluding hydrogens is 490 g/mol. The van der Waals surface area contributed by atoms with Crippen molar-refractivity contribution in [2.75, 3.05) is 4.90 Å². The first-order valence-electron chi connectivity index (χ1n) is 13.4. The number of nitrogens with zero attached hydrogens (tertiary/aromatic N) is 3. The molecule has 5 aromatic carbocycles. The number of hydrogen-bond acceptors (Lipinski definition) is 3. The van der Waals surface area contributed by atoms with Crippen LogP contribution in [-0.4, -0.2) is 11.5 Å². The van der Waals surface area contributed by atoms with Gasteiger partial charge in [0.25, 0.3) is 0 Å². The smallest absolute Gasteiger partial charge is 0.160 e. The Kier molecular flexibility index (Phi) is 7.06. The lowest BCUT2D eigenvalue weighted by molar-refractivity contribution is 0.477. The maximum atomic E-state index is 6.18. The molecule has 1 heterocycles. The third kappa shape index (κ3) is 5.07. The summed E-state index contributed by atoms with van der Waals surface area (Å²) in [5, 5.41) is 0. The second-order valence-corrected chi connectivity index (χ2v) is 9.45. The number of fused-ring (bicyclic) bond motifs is 2. The van der Waals surface area contributed by atoms with Gasteiger partial charge in [0.1, 0.15) is 0 Å². The predicted octanol–water partition coefficient (Wildman–Crippen LogP) is 9.58. The minimum Gasteiger partial charge on any atom is -0.453 e. The van der Waals surface area contributed by atoms with E-state index in [1.165, 1.54) is 0 Å². The fraction of sp³-hybridized carbons (Fsp3) is 0.0556. The van der Waals surface area contributed by atoms with Crippen LogP contribution in [0.25, 0.3) is 5.70 Å². The monoisotopic (exact) mass is 519 g/mol. The Morgan fingerprint density at radius 1 is 0.600 bits per heavy atom. The van der Waals surface area contributed by atoms with E-state index >= 15 is 0 Å². The fourth-order valence-electron chi connectivity index (χ4n) is 4.83. The Morgan fingerprint density at radius 3 is 1.70 bits per heavy atom. The summed E-state index contributed by atoms with van der Waals surface area (Å²) in [7, 11) is 0. The molecular formula is C36H29N3O. The average Bonchev–Trinajstić information content (AvgIpc) is 3.02. The maximum absolute atomic E-state index is 6.18. The van der Waals surface area contributed by atoms with Crippen LogP contribution >= 0.6 is 0 Å². The lowest BCUT2D eigenvalue weighted by Gasteiger charge is -2.32. The summed E-state index contributed by atoms with van der Waals surface area (Å²) >= 11 is 0. The molecule has 1 aliphatic heterocycles. The van der Waals surface area contributed by atoms with E-state index in [0.29, 0.717) is 11.5 Å². The van der Waals surface area contributed by atoms with Gasteiger partial charge in [-0.15, -0.1) is 0 Å². The van der Waals surface area contributed by atoms with Gasteiger partial charge in [-0.05, 0) is 53.9 Å². The highest BCUT2D eigenvalue weighted by atomic mass is 16.5. The van der Waals surface area contributed by atoms with Crippen molar-refractivity contribution in [2.24, 2.45) is 9.98 Å². The molecule has 0 fully saturated rings. The first kappa shape index (κ1) is 25.1. The molecule has 0 saturated heterocycles. The molecule has 4 heteroatoms. The average molecular weight is 520 g/mol. The number of amidine groups is 1. The summed E-state index contributed by atoms with van der Waals surface area (Å²) in [6.45, 7) is 6.34. The SMILES string of the molecule is C=C(N=C(N=C(CC)c1ccc(N2c3ccccc3Oc3ccccc32)cc1)c1ccccc1)c1ccccc1. The van der Waals surface area contributed by atoms with E-state index in [-0.39, 0.29) is 0 Å².